The van der Waals surface area contributed by atoms with Crippen molar-refractivity contribution in [3.63, 3.8) is 0 Å². The fraction of sp³-hybridized carbons (Fsp3) is 0.500. The molecule has 39 heavy (non-hydrogen) atoms. The predicted octanol–water partition coefficient (Wildman–Crippen LogP) is 8.51. The molecule has 0 radical (unpaired) electrons. The van der Waals surface area contributed by atoms with Crippen LogP contribution >= 0.6 is 0 Å². The van der Waals surface area contributed by atoms with Crippen LogP contribution < -0.4 is 10.4 Å². The number of benzene rings is 2. The first-order valence-electron chi connectivity index (χ1n) is 14.8. The van der Waals surface area contributed by atoms with Gasteiger partial charge in [-0.05, 0) is 100 Å². The van der Waals surface area contributed by atoms with Crippen molar-refractivity contribution in [1.29, 1.82) is 0 Å². The summed E-state index contributed by atoms with van der Waals surface area (Å²) in [5, 5.41) is 14.2. The minimum atomic E-state index is -2.67. The summed E-state index contributed by atoms with van der Waals surface area (Å²) in [6, 6.07) is 21.8. The van der Waals surface area contributed by atoms with Gasteiger partial charge in [-0.1, -0.05) is 111 Å². The van der Waals surface area contributed by atoms with Crippen LogP contribution in [0.5, 0.6) is 0 Å². The minimum Gasteiger partial charge on any atom is -0.401 e. The van der Waals surface area contributed by atoms with E-state index in [1.807, 2.05) is 6.92 Å². The Morgan fingerprint density at radius 2 is 1.46 bits per heavy atom. The molecule has 0 aliphatic heterocycles. The van der Waals surface area contributed by atoms with Crippen LogP contribution in [0, 0.1) is 5.92 Å². The summed E-state index contributed by atoms with van der Waals surface area (Å²) >= 11 is 0. The van der Waals surface area contributed by atoms with Gasteiger partial charge in [-0.3, -0.25) is 0 Å². The lowest BCUT2D eigenvalue weighted by Crippen LogP contribution is -2.68. The van der Waals surface area contributed by atoms with E-state index in [2.05, 4.69) is 127 Å². The molecular weight excluding hydrogens is 492 g/mol. The van der Waals surface area contributed by atoms with Crippen LogP contribution in [0.3, 0.4) is 0 Å². The molecule has 0 heterocycles. The zero-order valence-electron chi connectivity index (χ0n) is 25.8. The molecule has 0 saturated heterocycles. The quantitative estimate of drug-likeness (QED) is 0.227. The highest BCUT2D eigenvalue weighted by Gasteiger charge is 2.52. The largest absolute Gasteiger partial charge is 0.401 e. The van der Waals surface area contributed by atoms with Gasteiger partial charge in [0, 0.05) is 0 Å². The summed E-state index contributed by atoms with van der Waals surface area (Å²) in [6.07, 6.45) is 12.6. The highest BCUT2D eigenvalue weighted by Crippen LogP contribution is 2.42. The van der Waals surface area contributed by atoms with E-state index in [1.54, 1.807) is 0 Å². The Balaban J connectivity index is 1.84. The van der Waals surface area contributed by atoms with Gasteiger partial charge in [0.1, 0.15) is 0 Å². The second kappa shape index (κ2) is 13.4. The van der Waals surface area contributed by atoms with Crippen LogP contribution in [0.2, 0.25) is 5.04 Å². The average molecular weight is 545 g/mol. The van der Waals surface area contributed by atoms with E-state index in [1.165, 1.54) is 27.1 Å². The zero-order chi connectivity index (χ0) is 28.7. The van der Waals surface area contributed by atoms with Gasteiger partial charge in [0.25, 0.3) is 8.32 Å². The van der Waals surface area contributed by atoms with E-state index >= 15 is 0 Å². The van der Waals surface area contributed by atoms with Crippen LogP contribution in [0.25, 0.3) is 0 Å². The number of rotatable bonds is 11. The lowest BCUT2D eigenvalue weighted by molar-refractivity contribution is -0.0253. The molecule has 3 atom stereocenters. The van der Waals surface area contributed by atoms with Crippen LogP contribution in [0.1, 0.15) is 93.9 Å². The highest BCUT2D eigenvalue weighted by molar-refractivity contribution is 6.99. The van der Waals surface area contributed by atoms with Crippen molar-refractivity contribution in [1.82, 2.24) is 0 Å². The molecule has 3 heteroatoms. The lowest BCUT2D eigenvalue weighted by Gasteiger charge is -2.47. The molecular formula is C36H52O2Si. The minimum absolute atomic E-state index is 0.0112. The third-order valence-corrected chi connectivity index (χ3v) is 13.6. The van der Waals surface area contributed by atoms with Crippen LogP contribution in [-0.2, 0) is 4.43 Å². The van der Waals surface area contributed by atoms with E-state index in [4.69, 9.17) is 4.43 Å². The fourth-order valence-corrected chi connectivity index (χ4v) is 10.8. The highest BCUT2D eigenvalue weighted by atomic mass is 28.4. The maximum atomic E-state index is 11.7. The molecule has 0 saturated carbocycles. The van der Waals surface area contributed by atoms with Crippen molar-refractivity contribution in [2.75, 3.05) is 0 Å². The van der Waals surface area contributed by atoms with Gasteiger partial charge < -0.3 is 9.53 Å². The summed E-state index contributed by atoms with van der Waals surface area (Å²) in [6.45, 7) is 17.8. The number of aliphatic hydroxyl groups is 1. The summed E-state index contributed by atoms with van der Waals surface area (Å²) in [7, 11) is -2.67. The second-order valence-electron chi connectivity index (χ2n) is 13.2. The molecule has 1 aliphatic rings. The molecule has 3 rings (SSSR count). The van der Waals surface area contributed by atoms with Crippen molar-refractivity contribution in [3.8, 4) is 0 Å². The van der Waals surface area contributed by atoms with Gasteiger partial charge in [0.2, 0.25) is 0 Å². The Morgan fingerprint density at radius 3 is 1.97 bits per heavy atom. The molecule has 1 unspecified atom stereocenters. The monoisotopic (exact) mass is 544 g/mol. The fourth-order valence-electron chi connectivity index (χ4n) is 6.06. The molecule has 212 valence electrons. The molecule has 0 amide bonds. The Bertz CT molecular complexity index is 1090. The summed E-state index contributed by atoms with van der Waals surface area (Å²) in [4.78, 5) is 0. The van der Waals surface area contributed by atoms with E-state index in [0.29, 0.717) is 0 Å². The zero-order valence-corrected chi connectivity index (χ0v) is 26.8. The molecule has 1 aliphatic carbocycles. The number of hydrogen-bond acceptors (Lipinski definition) is 2. The summed E-state index contributed by atoms with van der Waals surface area (Å²) < 4.78 is 7.50. The van der Waals surface area contributed by atoms with Crippen LogP contribution in [0.15, 0.2) is 95.6 Å². The van der Waals surface area contributed by atoms with Gasteiger partial charge in [-0.25, -0.2) is 0 Å². The standard InChI is InChI=1S/C36H52O2Si/c1-28(2)17-15-18-29(3)19-16-26-36(8,37)31-25-24-30(4)34(27-31)38-39(35(5,6)7,32-20-11-9-12-21-32)33-22-13-10-14-23-33/h9-14,17,19-24,31,34,37H,15-16,18,25-27H2,1-8H3/b29-19+/t31-,34-,36?/m1/s1. The van der Waals surface area contributed by atoms with Crippen LogP contribution in [-0.4, -0.2) is 25.1 Å². The molecule has 2 aromatic carbocycles. The normalized spacial score (nSPS) is 20.2. The molecule has 2 aromatic rings. The first-order chi connectivity index (χ1) is 18.4. The average Bonchev–Trinajstić information content (AvgIpc) is 2.88. The number of hydrogen-bond donors (Lipinski definition) is 1. The van der Waals surface area contributed by atoms with Crippen molar-refractivity contribution < 1.29 is 9.53 Å². The predicted molar refractivity (Wildman–Crippen MR) is 171 cm³/mol. The molecule has 0 bridgehead atoms. The Kier molecular flexibility index (Phi) is 10.8. The third kappa shape index (κ3) is 7.93. The van der Waals surface area contributed by atoms with E-state index < -0.39 is 13.9 Å². The molecule has 0 fully saturated rings. The van der Waals surface area contributed by atoms with Gasteiger partial charge in [-0.2, -0.15) is 0 Å². The molecule has 1 N–H and O–H groups in total. The Labute approximate surface area is 240 Å². The van der Waals surface area contributed by atoms with E-state index in [0.717, 1.165) is 38.5 Å². The third-order valence-electron chi connectivity index (χ3n) is 8.58. The van der Waals surface area contributed by atoms with Crippen molar-refractivity contribution in [2.24, 2.45) is 5.92 Å². The smallest absolute Gasteiger partial charge is 0.261 e. The lowest BCUT2D eigenvalue weighted by atomic mass is 9.75. The van der Waals surface area contributed by atoms with Gasteiger partial charge in [-0.15, -0.1) is 0 Å². The topological polar surface area (TPSA) is 29.5 Å². The molecule has 2 nitrogen and oxygen atoms in total. The summed E-state index contributed by atoms with van der Waals surface area (Å²) in [5.41, 5.74) is 3.35. The molecule has 0 spiro atoms. The van der Waals surface area contributed by atoms with E-state index in [9.17, 15) is 5.11 Å². The van der Waals surface area contributed by atoms with E-state index in [-0.39, 0.29) is 17.1 Å². The van der Waals surface area contributed by atoms with Gasteiger partial charge in [0.15, 0.2) is 0 Å². The van der Waals surface area contributed by atoms with Crippen molar-refractivity contribution in [3.05, 3.63) is 95.6 Å². The summed E-state index contributed by atoms with van der Waals surface area (Å²) in [5.74, 6) is 0.170. The second-order valence-corrected chi connectivity index (χ2v) is 17.4. The maximum absolute atomic E-state index is 11.7. The number of allylic oxidation sites excluding steroid dienone is 5. The van der Waals surface area contributed by atoms with Crippen molar-refractivity contribution >= 4 is 18.7 Å². The Hall–Kier alpha value is -2.20. The molecule has 0 aromatic heterocycles. The first kappa shape index (κ1) is 31.3. The van der Waals surface area contributed by atoms with Gasteiger partial charge in [0.05, 0.1) is 11.7 Å². The van der Waals surface area contributed by atoms with Crippen molar-refractivity contribution in [2.45, 2.75) is 111 Å². The maximum Gasteiger partial charge on any atom is 0.261 e. The van der Waals surface area contributed by atoms with Crippen LogP contribution in [0.4, 0.5) is 0 Å². The Morgan fingerprint density at radius 1 is 0.897 bits per heavy atom. The van der Waals surface area contributed by atoms with Gasteiger partial charge >= 0.3 is 0 Å². The SMILES string of the molecule is CC(C)=CCC/C(C)=C/CCC(C)(O)[C@@H]1CC=C(C)[C@H](O[Si](c2ccccc2)(c2ccccc2)C(C)(C)C)C1. The first-order valence-corrected chi connectivity index (χ1v) is 16.7.